The van der Waals surface area contributed by atoms with Gasteiger partial charge in [-0.15, -0.1) is 0 Å². The number of rotatable bonds is 39. The van der Waals surface area contributed by atoms with E-state index in [9.17, 15) is 28.8 Å². The number of esters is 2. The Balaban J connectivity index is 0.833. The quantitative estimate of drug-likeness (QED) is 0.0159. The molecule has 16 nitrogen and oxygen atoms in total. The fourth-order valence-corrected chi connectivity index (χ4v) is 11.1. The molecule has 4 aromatic carbocycles. The van der Waals surface area contributed by atoms with Crippen LogP contribution in [0.2, 0.25) is 0 Å². The highest BCUT2D eigenvalue weighted by atomic mass is 16.6. The Bertz CT molecular complexity index is 3220. The van der Waals surface area contributed by atoms with Gasteiger partial charge in [0, 0.05) is 36.1 Å². The number of ketones is 2. The van der Waals surface area contributed by atoms with Crippen molar-refractivity contribution >= 4 is 57.1 Å². The number of fused-ring (bicyclic) bond motifs is 2. The van der Waals surface area contributed by atoms with Crippen molar-refractivity contribution in [3.05, 3.63) is 107 Å². The number of benzene rings is 4. The second-order valence-electron chi connectivity index (χ2n) is 24.5. The van der Waals surface area contributed by atoms with Crippen LogP contribution in [0.1, 0.15) is 202 Å². The van der Waals surface area contributed by atoms with Crippen LogP contribution in [-0.2, 0) is 41.7 Å². The van der Waals surface area contributed by atoms with Crippen molar-refractivity contribution in [2.45, 2.75) is 208 Å². The highest BCUT2D eigenvalue weighted by Crippen LogP contribution is 2.38. The highest BCUT2D eigenvalue weighted by molar-refractivity contribution is 6.45. The molecule has 2 aromatic heterocycles. The van der Waals surface area contributed by atoms with Gasteiger partial charge in [-0.1, -0.05) is 145 Å². The monoisotopic (exact) mass is 1180 g/mol. The predicted molar refractivity (Wildman–Crippen MR) is 338 cm³/mol. The van der Waals surface area contributed by atoms with Crippen molar-refractivity contribution in [2.24, 2.45) is 11.5 Å². The maximum Gasteiger partial charge on any atom is 0.344 e. The van der Waals surface area contributed by atoms with Gasteiger partial charge in [-0.2, -0.15) is 0 Å². The molecule has 0 aliphatic heterocycles. The van der Waals surface area contributed by atoms with Crippen molar-refractivity contribution in [3.63, 3.8) is 0 Å². The summed E-state index contributed by atoms with van der Waals surface area (Å²) in [5.74, 6) is -2.39. The number of primary amides is 2. The molecule has 2 heterocycles. The van der Waals surface area contributed by atoms with Crippen LogP contribution < -0.4 is 30.4 Å². The minimum Gasteiger partial charge on any atom is -0.493 e. The number of ether oxygens (including phenoxy) is 6. The van der Waals surface area contributed by atoms with Crippen LogP contribution in [0.25, 0.3) is 32.9 Å². The molecule has 0 bridgehead atoms. The number of hydrogen-bond donors (Lipinski definition) is 2. The van der Waals surface area contributed by atoms with Gasteiger partial charge < -0.3 is 49.0 Å². The number of unbranched alkanes of at least 4 members (excludes halogenated alkanes) is 18. The van der Waals surface area contributed by atoms with Crippen molar-refractivity contribution in [3.8, 4) is 34.1 Å². The first-order valence-corrected chi connectivity index (χ1v) is 31.2. The van der Waals surface area contributed by atoms with Gasteiger partial charge in [-0.3, -0.25) is 19.2 Å². The van der Waals surface area contributed by atoms with Crippen LogP contribution in [0, 0.1) is 13.8 Å². The summed E-state index contributed by atoms with van der Waals surface area (Å²) in [6, 6.07) is 27.3. The van der Waals surface area contributed by atoms with E-state index in [-0.39, 0.29) is 24.3 Å². The second kappa shape index (κ2) is 33.3. The average molecular weight is 1180 g/mol. The van der Waals surface area contributed by atoms with Crippen molar-refractivity contribution in [2.75, 3.05) is 26.4 Å². The van der Waals surface area contributed by atoms with Gasteiger partial charge >= 0.3 is 11.9 Å². The lowest BCUT2D eigenvalue weighted by atomic mass is 10.0. The molecule has 0 aliphatic carbocycles. The summed E-state index contributed by atoms with van der Waals surface area (Å²) in [6.07, 6.45) is 22.1. The fourth-order valence-electron chi connectivity index (χ4n) is 11.1. The molecule has 0 atom stereocenters. The molecule has 0 fully saturated rings. The van der Waals surface area contributed by atoms with Crippen LogP contribution in [0.3, 0.4) is 0 Å². The minimum absolute atomic E-state index is 0.210. The molecule has 466 valence electrons. The topological polar surface area (TPSA) is 220 Å². The number of amides is 2. The zero-order valence-electron chi connectivity index (χ0n) is 52.4. The summed E-state index contributed by atoms with van der Waals surface area (Å²) in [5, 5.41) is 0.958. The van der Waals surface area contributed by atoms with E-state index in [1.165, 1.54) is 44.9 Å². The first kappa shape index (κ1) is 67.5. The Morgan fingerprint density at radius 2 is 0.802 bits per heavy atom. The Labute approximate surface area is 508 Å². The molecule has 0 spiro atoms. The largest absolute Gasteiger partial charge is 0.493 e. The lowest BCUT2D eigenvalue weighted by molar-refractivity contribution is -0.158. The van der Waals surface area contributed by atoms with Gasteiger partial charge in [0.25, 0.3) is 23.4 Å². The molecule has 0 radical (unpaired) electrons. The number of nitrogens with zero attached hydrogens (tertiary/aromatic N) is 2. The van der Waals surface area contributed by atoms with Gasteiger partial charge in [0.2, 0.25) is 0 Å². The molecule has 0 saturated carbocycles. The molecule has 16 heteroatoms. The predicted octanol–water partition coefficient (Wildman–Crippen LogP) is 14.6. The minimum atomic E-state index is -1.04. The number of Topliss-reactive ketones (excluding diaryl/α,β-unsaturated/α-hetero) is 2. The second-order valence-corrected chi connectivity index (χ2v) is 24.5. The molecule has 0 unspecified atom stereocenters. The molecule has 0 saturated heterocycles. The molecule has 6 aromatic rings. The van der Waals surface area contributed by atoms with Gasteiger partial charge in [-0.05, 0) is 123 Å². The Morgan fingerprint density at radius 3 is 1.20 bits per heavy atom. The maximum absolute atomic E-state index is 13.1. The first-order chi connectivity index (χ1) is 41.1. The molecule has 2 amide bonds. The van der Waals surface area contributed by atoms with Crippen molar-refractivity contribution < 1.29 is 57.2 Å². The summed E-state index contributed by atoms with van der Waals surface area (Å²) in [4.78, 5) is 75.3. The van der Waals surface area contributed by atoms with E-state index in [4.69, 9.17) is 39.9 Å². The van der Waals surface area contributed by atoms with Gasteiger partial charge in [0.15, 0.2) is 13.2 Å². The third-order valence-electron chi connectivity index (χ3n) is 15.2. The number of carbonyl (C=O) groups excluding carboxylic acids is 6. The molecule has 0 aliphatic rings. The van der Waals surface area contributed by atoms with E-state index in [2.05, 4.69) is 18.2 Å². The molecule has 4 N–H and O–H groups in total. The molecule has 6 rings (SSSR count). The lowest BCUT2D eigenvalue weighted by Crippen LogP contribution is -2.27. The van der Waals surface area contributed by atoms with Gasteiger partial charge in [0.05, 0.1) is 46.1 Å². The highest BCUT2D eigenvalue weighted by Gasteiger charge is 2.29. The summed E-state index contributed by atoms with van der Waals surface area (Å²) < 4.78 is 39.3. The summed E-state index contributed by atoms with van der Waals surface area (Å²) in [6.45, 7) is 16.3. The summed E-state index contributed by atoms with van der Waals surface area (Å²) >= 11 is 0. The number of nitrogens with two attached hydrogens (primary N) is 2. The summed E-state index contributed by atoms with van der Waals surface area (Å²) in [7, 11) is 0. The van der Waals surface area contributed by atoms with Crippen LogP contribution in [0.4, 0.5) is 0 Å². The van der Waals surface area contributed by atoms with Crippen LogP contribution in [0.15, 0.2) is 84.9 Å². The number of hydrogen-bond acceptors (Lipinski definition) is 12. The Hall–Kier alpha value is -7.62. The van der Waals surface area contributed by atoms with Crippen molar-refractivity contribution in [1.82, 2.24) is 9.13 Å². The zero-order chi connectivity index (χ0) is 62.2. The third-order valence-corrected chi connectivity index (χ3v) is 15.2. The van der Waals surface area contributed by atoms with Gasteiger partial charge in [0.1, 0.15) is 34.2 Å². The normalized spacial score (nSPS) is 11.7. The molecule has 86 heavy (non-hydrogen) atoms. The number of aryl methyl sites for hydroxylation is 2. The molecular weight excluding hydrogens is 1090 g/mol. The first-order valence-electron chi connectivity index (χ1n) is 31.2. The van der Waals surface area contributed by atoms with Crippen LogP contribution in [0.5, 0.6) is 23.0 Å². The third kappa shape index (κ3) is 20.5. The van der Waals surface area contributed by atoms with E-state index in [1.54, 1.807) is 53.7 Å². The van der Waals surface area contributed by atoms with E-state index in [1.807, 2.05) is 77.6 Å². The zero-order valence-corrected chi connectivity index (χ0v) is 52.4. The standard InChI is InChI=1S/C70H94N4O12/c1-49-61(65(77)67(71)79)63-54(36-32-38-56(63)83-47-59(75)85-69(3,4)5)73(49)42-28-21-17-13-9-11-15-19-23-30-44-81-52-40-41-53(51-34-26-25-27-35-51)58(46-52)82-45-31-24-20-16-12-10-14-18-22-29-43-74-50(2)62(66(78)68(72)80)64-55(74)37-33-39-57(64)84-48-60(76)86-70(6,7)8/h25-27,32-41,46H,9-24,28-31,42-45,47-48H2,1-8H3,(H2,71,79)(H2,72,80). The van der Waals surface area contributed by atoms with E-state index in [0.717, 1.165) is 117 Å². The molecular formula is C70H94N4O12. The van der Waals surface area contributed by atoms with E-state index < -0.39 is 46.5 Å². The fraction of sp³-hybridized carbons (Fsp3) is 0.514. The lowest BCUT2D eigenvalue weighted by Gasteiger charge is -2.19. The maximum atomic E-state index is 13.1. The number of aromatic nitrogens is 2. The number of carbonyl (C=O) groups is 6. The van der Waals surface area contributed by atoms with Crippen LogP contribution >= 0.6 is 0 Å². The smallest absolute Gasteiger partial charge is 0.344 e. The Kier molecular flexibility index (Phi) is 26.2. The SMILES string of the molecule is Cc1c(C(=O)C(N)=O)c2c(OCC(=O)OC(C)(C)C)cccc2n1CCCCCCCCCCCCOc1ccc(-c2ccccc2)c(OCCCCCCCCCCCCn2c(C)c(C(=O)C(N)=O)c3c(OCC(=O)OC(C)(C)C)cccc32)c1. The van der Waals surface area contributed by atoms with Gasteiger partial charge in [-0.25, -0.2) is 9.59 Å². The summed E-state index contributed by atoms with van der Waals surface area (Å²) in [5.41, 5.74) is 15.0. The van der Waals surface area contributed by atoms with Crippen molar-refractivity contribution in [1.29, 1.82) is 0 Å². The van der Waals surface area contributed by atoms with E-state index >= 15 is 0 Å². The van der Waals surface area contributed by atoms with E-state index in [0.29, 0.717) is 60.0 Å². The van der Waals surface area contributed by atoms with Crippen LogP contribution in [-0.4, -0.2) is 82.1 Å². The average Bonchev–Trinajstić information content (AvgIpc) is 2.96. The Morgan fingerprint density at radius 1 is 0.419 bits per heavy atom.